The molecule has 0 unspecified atom stereocenters. The van der Waals surface area contributed by atoms with Crippen LogP contribution >= 0.6 is 11.6 Å². The Hall–Kier alpha value is -2.01. The average molecular weight is 368 g/mol. The van der Waals surface area contributed by atoms with Gasteiger partial charge in [-0.05, 0) is 43.7 Å². The van der Waals surface area contributed by atoms with Crippen LogP contribution in [0, 0.1) is 0 Å². The first-order valence-corrected chi connectivity index (χ1v) is 9.44. The minimum atomic E-state index is 0.245. The molecule has 134 valence electrons. The number of hydrogen-bond acceptors (Lipinski definition) is 4. The molecule has 0 saturated carbocycles. The smallest absolute Gasteiger partial charge is 0.0892 e. The van der Waals surface area contributed by atoms with Gasteiger partial charge in [0, 0.05) is 24.7 Å². The predicted molar refractivity (Wildman–Crippen MR) is 104 cm³/mol. The Morgan fingerprint density at radius 2 is 2.04 bits per heavy atom. The first-order chi connectivity index (χ1) is 12.8. The Kier molecular flexibility index (Phi) is 5.44. The van der Waals surface area contributed by atoms with Crippen molar-refractivity contribution in [2.45, 2.75) is 32.1 Å². The number of aromatic nitrogens is 2. The zero-order chi connectivity index (χ0) is 17.8. The van der Waals surface area contributed by atoms with Crippen LogP contribution in [0.2, 0.25) is 5.02 Å². The number of para-hydroxylation sites is 1. The summed E-state index contributed by atoms with van der Waals surface area (Å²) in [4.78, 5) is 11.5. The highest BCUT2D eigenvalue weighted by Crippen LogP contribution is 2.23. The highest BCUT2D eigenvalue weighted by Gasteiger charge is 2.21. The van der Waals surface area contributed by atoms with E-state index in [1.165, 1.54) is 0 Å². The summed E-state index contributed by atoms with van der Waals surface area (Å²) >= 11 is 6.29. The van der Waals surface area contributed by atoms with Crippen LogP contribution in [0.1, 0.15) is 24.2 Å². The van der Waals surface area contributed by atoms with E-state index in [1.807, 2.05) is 42.6 Å². The topological polar surface area (TPSA) is 38.2 Å². The van der Waals surface area contributed by atoms with Crippen LogP contribution in [0.5, 0.6) is 0 Å². The van der Waals surface area contributed by atoms with Gasteiger partial charge >= 0.3 is 0 Å². The zero-order valence-corrected chi connectivity index (χ0v) is 15.4. The second kappa shape index (κ2) is 8.12. The number of rotatable bonds is 5. The highest BCUT2D eigenvalue weighted by atomic mass is 35.5. The summed E-state index contributed by atoms with van der Waals surface area (Å²) in [6.45, 7) is 3.40. The summed E-state index contributed by atoms with van der Waals surface area (Å²) in [5.74, 6) is 0. The van der Waals surface area contributed by atoms with E-state index in [1.54, 1.807) is 0 Å². The Morgan fingerprint density at radius 1 is 1.08 bits per heavy atom. The van der Waals surface area contributed by atoms with Crippen LogP contribution in [-0.4, -0.2) is 34.1 Å². The molecule has 1 atom stereocenters. The quantitative estimate of drug-likeness (QED) is 0.667. The van der Waals surface area contributed by atoms with Gasteiger partial charge in [0.05, 0.1) is 34.6 Å². The highest BCUT2D eigenvalue weighted by molar-refractivity contribution is 6.35. The largest absolute Gasteiger partial charge is 0.371 e. The van der Waals surface area contributed by atoms with Crippen LogP contribution in [0.25, 0.3) is 10.9 Å². The molecule has 5 heteroatoms. The number of likely N-dealkylation sites (tertiary alicyclic amines) is 1. The van der Waals surface area contributed by atoms with E-state index in [4.69, 9.17) is 21.3 Å². The molecule has 4 nitrogen and oxygen atoms in total. The SMILES string of the molecule is Clc1cccc2ccc(CN3CCC[C@H](OCc4ccccn4)C3)nc12. The molecule has 4 rings (SSSR count). The third kappa shape index (κ3) is 4.21. The van der Waals surface area contributed by atoms with Crippen molar-refractivity contribution in [3.8, 4) is 0 Å². The third-order valence-corrected chi connectivity index (χ3v) is 5.07. The van der Waals surface area contributed by atoms with E-state index in [9.17, 15) is 0 Å². The van der Waals surface area contributed by atoms with Crippen LogP contribution in [0.3, 0.4) is 0 Å². The lowest BCUT2D eigenvalue weighted by Crippen LogP contribution is -2.39. The molecule has 3 heterocycles. The van der Waals surface area contributed by atoms with Gasteiger partial charge in [0.2, 0.25) is 0 Å². The second-order valence-corrected chi connectivity index (χ2v) is 7.15. The van der Waals surface area contributed by atoms with E-state index in [2.05, 4.69) is 22.0 Å². The van der Waals surface area contributed by atoms with Crippen molar-refractivity contribution >= 4 is 22.5 Å². The van der Waals surface area contributed by atoms with Crippen molar-refractivity contribution in [3.05, 3.63) is 71.1 Å². The van der Waals surface area contributed by atoms with Crippen molar-refractivity contribution in [3.63, 3.8) is 0 Å². The number of ether oxygens (including phenoxy) is 1. The van der Waals surface area contributed by atoms with Crippen molar-refractivity contribution < 1.29 is 4.74 Å². The van der Waals surface area contributed by atoms with E-state index >= 15 is 0 Å². The minimum Gasteiger partial charge on any atom is -0.371 e. The Bertz CT molecular complexity index is 872. The Balaban J connectivity index is 1.38. The van der Waals surface area contributed by atoms with Gasteiger partial charge in [-0.15, -0.1) is 0 Å². The van der Waals surface area contributed by atoms with Crippen LogP contribution in [0.4, 0.5) is 0 Å². The first kappa shape index (κ1) is 17.4. The molecule has 1 aliphatic rings. The van der Waals surface area contributed by atoms with Crippen molar-refractivity contribution in [1.29, 1.82) is 0 Å². The van der Waals surface area contributed by atoms with Gasteiger partial charge in [-0.1, -0.05) is 35.9 Å². The van der Waals surface area contributed by atoms with E-state index in [0.29, 0.717) is 11.6 Å². The average Bonchev–Trinajstić information content (AvgIpc) is 2.68. The van der Waals surface area contributed by atoms with E-state index in [-0.39, 0.29) is 6.10 Å². The van der Waals surface area contributed by atoms with Crippen LogP contribution < -0.4 is 0 Å². The van der Waals surface area contributed by atoms with Gasteiger partial charge in [-0.25, -0.2) is 4.98 Å². The fourth-order valence-corrected chi connectivity index (χ4v) is 3.67. The number of fused-ring (bicyclic) bond motifs is 1. The Morgan fingerprint density at radius 3 is 2.92 bits per heavy atom. The molecule has 1 aromatic carbocycles. The lowest BCUT2D eigenvalue weighted by Gasteiger charge is -2.32. The number of piperidine rings is 1. The van der Waals surface area contributed by atoms with E-state index < -0.39 is 0 Å². The van der Waals surface area contributed by atoms with Crippen LogP contribution in [0.15, 0.2) is 54.7 Å². The van der Waals surface area contributed by atoms with Crippen molar-refractivity contribution in [1.82, 2.24) is 14.9 Å². The predicted octanol–water partition coefficient (Wildman–Crippen LogP) is 4.46. The monoisotopic (exact) mass is 367 g/mol. The van der Waals surface area contributed by atoms with Gasteiger partial charge in [0.1, 0.15) is 0 Å². The fraction of sp³-hybridized carbons (Fsp3) is 0.333. The summed E-state index contributed by atoms with van der Waals surface area (Å²) < 4.78 is 6.08. The minimum absolute atomic E-state index is 0.245. The van der Waals surface area contributed by atoms with E-state index in [0.717, 1.165) is 54.8 Å². The lowest BCUT2D eigenvalue weighted by atomic mass is 10.1. The molecule has 2 aromatic heterocycles. The first-order valence-electron chi connectivity index (χ1n) is 9.06. The molecule has 0 aliphatic carbocycles. The van der Waals surface area contributed by atoms with Crippen LogP contribution in [-0.2, 0) is 17.9 Å². The molecule has 0 N–H and O–H groups in total. The zero-order valence-electron chi connectivity index (χ0n) is 14.6. The summed E-state index contributed by atoms with van der Waals surface area (Å²) in [6.07, 6.45) is 4.29. The van der Waals surface area contributed by atoms with Gasteiger partial charge in [0.25, 0.3) is 0 Å². The summed E-state index contributed by atoms with van der Waals surface area (Å²) in [5.41, 5.74) is 2.91. The fourth-order valence-electron chi connectivity index (χ4n) is 3.45. The maximum absolute atomic E-state index is 6.29. The van der Waals surface area contributed by atoms with Gasteiger partial charge < -0.3 is 4.74 Å². The molecular formula is C21H22ClN3O. The number of halogens is 1. The molecule has 3 aromatic rings. The molecule has 1 aliphatic heterocycles. The molecule has 0 radical (unpaired) electrons. The van der Waals surface area contributed by atoms with Crippen molar-refractivity contribution in [2.75, 3.05) is 13.1 Å². The summed E-state index contributed by atoms with van der Waals surface area (Å²) in [7, 11) is 0. The molecular weight excluding hydrogens is 346 g/mol. The normalized spacial score (nSPS) is 18.3. The number of pyridine rings is 2. The molecule has 0 bridgehead atoms. The van der Waals surface area contributed by atoms with Crippen molar-refractivity contribution in [2.24, 2.45) is 0 Å². The number of hydrogen-bond donors (Lipinski definition) is 0. The molecule has 26 heavy (non-hydrogen) atoms. The number of benzene rings is 1. The number of nitrogens with zero attached hydrogens (tertiary/aromatic N) is 3. The molecule has 1 fully saturated rings. The molecule has 0 amide bonds. The maximum Gasteiger partial charge on any atom is 0.0892 e. The summed E-state index contributed by atoms with van der Waals surface area (Å²) in [6, 6.07) is 16.0. The molecule has 0 spiro atoms. The third-order valence-electron chi connectivity index (χ3n) is 4.77. The molecule has 1 saturated heterocycles. The van der Waals surface area contributed by atoms with Gasteiger partial charge in [-0.3, -0.25) is 9.88 Å². The summed E-state index contributed by atoms with van der Waals surface area (Å²) in [5, 5.41) is 1.79. The standard InChI is InChI=1S/C21H22ClN3O/c22-20-8-3-5-16-9-10-17(24-21(16)20)13-25-12-4-7-19(14-25)26-15-18-6-1-2-11-23-18/h1-3,5-6,8-11,19H,4,7,12-15H2/t19-/m0/s1. The second-order valence-electron chi connectivity index (χ2n) is 6.75. The maximum atomic E-state index is 6.29. The van der Waals surface area contributed by atoms with Gasteiger partial charge in [-0.2, -0.15) is 0 Å². The lowest BCUT2D eigenvalue weighted by molar-refractivity contribution is -0.0135. The van der Waals surface area contributed by atoms with Gasteiger partial charge in [0.15, 0.2) is 0 Å². The Labute approximate surface area is 158 Å².